The zero-order valence-electron chi connectivity index (χ0n) is 33.3. The molecule has 0 aliphatic rings. The normalized spacial score (nSPS) is 12.8. The number of nitrogens with zero attached hydrogens (tertiary/aromatic N) is 1. The molecule has 0 aliphatic heterocycles. The Balaban J connectivity index is 3.63. The van der Waals surface area contributed by atoms with Crippen LogP contribution < -0.4 is 16.4 Å². The van der Waals surface area contributed by atoms with Gasteiger partial charge in [0.1, 0.15) is 0 Å². The molecular formula is C42H86N4O4. The van der Waals surface area contributed by atoms with Crippen LogP contribution in [0.3, 0.4) is 0 Å². The van der Waals surface area contributed by atoms with Gasteiger partial charge in [0.2, 0.25) is 11.8 Å². The average Bonchev–Trinajstić information content (AvgIpc) is 3.10. The summed E-state index contributed by atoms with van der Waals surface area (Å²) in [5.74, 6) is 0.255. The maximum absolute atomic E-state index is 12.3. The van der Waals surface area contributed by atoms with Gasteiger partial charge in [-0.25, -0.2) is 0 Å². The van der Waals surface area contributed by atoms with E-state index in [2.05, 4.69) is 29.4 Å². The lowest BCUT2D eigenvalue weighted by Crippen LogP contribution is -2.41. The van der Waals surface area contributed by atoms with E-state index in [1.807, 2.05) is 0 Å². The van der Waals surface area contributed by atoms with Crippen LogP contribution in [0, 0.1) is 0 Å². The van der Waals surface area contributed by atoms with Crippen molar-refractivity contribution >= 4 is 11.8 Å². The molecule has 8 nitrogen and oxygen atoms in total. The van der Waals surface area contributed by atoms with Crippen LogP contribution in [0.4, 0.5) is 0 Å². The molecule has 0 saturated carbocycles. The van der Waals surface area contributed by atoms with E-state index in [9.17, 15) is 19.8 Å². The van der Waals surface area contributed by atoms with Crippen molar-refractivity contribution in [2.75, 3.05) is 39.3 Å². The Morgan fingerprint density at radius 2 is 0.780 bits per heavy atom. The first-order valence-corrected chi connectivity index (χ1v) is 21.7. The Bertz CT molecular complexity index is 670. The SMILES string of the molecule is CCCCCCC(O)CCCCCCCCCCC(=O)NCCN(CCN)CCNC(=O)CCCCCCCCCCC(O)CCCCCC. The number of nitrogens with one attached hydrogen (secondary N) is 2. The molecule has 0 aromatic heterocycles. The summed E-state index contributed by atoms with van der Waals surface area (Å²) in [6.45, 7) is 8.47. The largest absolute Gasteiger partial charge is 0.393 e. The summed E-state index contributed by atoms with van der Waals surface area (Å²) in [6.07, 6.45) is 33.4. The second-order valence-electron chi connectivity index (χ2n) is 15.1. The highest BCUT2D eigenvalue weighted by atomic mass is 16.3. The minimum Gasteiger partial charge on any atom is -0.393 e. The number of aliphatic hydroxyl groups is 2. The highest BCUT2D eigenvalue weighted by Gasteiger charge is 2.08. The molecule has 298 valence electrons. The number of hydrogen-bond donors (Lipinski definition) is 5. The van der Waals surface area contributed by atoms with Crippen LogP contribution in [0.25, 0.3) is 0 Å². The fourth-order valence-electron chi connectivity index (χ4n) is 6.76. The van der Waals surface area contributed by atoms with Gasteiger partial charge in [-0.1, -0.05) is 155 Å². The smallest absolute Gasteiger partial charge is 0.220 e. The fraction of sp³-hybridized carbons (Fsp3) is 0.952. The standard InChI is InChI=1S/C42H86N4O4/c1-3-5-7-21-27-39(47)29-23-17-13-9-11-15-19-25-31-41(49)44-34-37-46(36-33-43)38-35-45-42(50)32-26-20-16-12-10-14-18-24-30-40(48)28-22-8-6-4-2/h39-40,47-48H,3-38,43H2,1-2H3,(H,44,49)(H,45,50). The van der Waals surface area contributed by atoms with Crippen LogP contribution in [0.1, 0.15) is 206 Å². The van der Waals surface area contributed by atoms with Gasteiger partial charge in [-0.05, 0) is 38.5 Å². The molecule has 0 spiro atoms. The van der Waals surface area contributed by atoms with Crippen LogP contribution >= 0.6 is 0 Å². The van der Waals surface area contributed by atoms with Gasteiger partial charge in [-0.3, -0.25) is 14.5 Å². The lowest BCUT2D eigenvalue weighted by Gasteiger charge is -2.22. The van der Waals surface area contributed by atoms with E-state index in [0.717, 1.165) is 96.7 Å². The summed E-state index contributed by atoms with van der Waals surface area (Å²) in [5, 5.41) is 26.3. The maximum atomic E-state index is 12.3. The van der Waals surface area contributed by atoms with Crippen molar-refractivity contribution < 1.29 is 19.8 Å². The van der Waals surface area contributed by atoms with Crippen LogP contribution in [-0.2, 0) is 9.59 Å². The minimum atomic E-state index is -0.104. The molecule has 0 rings (SSSR count). The van der Waals surface area contributed by atoms with Gasteiger partial charge in [-0.15, -0.1) is 0 Å². The predicted octanol–water partition coefficient (Wildman–Crippen LogP) is 8.94. The van der Waals surface area contributed by atoms with E-state index in [-0.39, 0.29) is 24.0 Å². The van der Waals surface area contributed by atoms with Crippen molar-refractivity contribution in [2.24, 2.45) is 5.73 Å². The summed E-state index contributed by atoms with van der Waals surface area (Å²) in [6, 6.07) is 0. The van der Waals surface area contributed by atoms with Crippen molar-refractivity contribution in [3.63, 3.8) is 0 Å². The molecule has 2 amide bonds. The third-order valence-electron chi connectivity index (χ3n) is 10.1. The molecule has 0 heterocycles. The number of hydrogen-bond acceptors (Lipinski definition) is 6. The van der Waals surface area contributed by atoms with Gasteiger partial charge in [0.25, 0.3) is 0 Å². The molecule has 2 atom stereocenters. The van der Waals surface area contributed by atoms with Gasteiger partial charge in [0, 0.05) is 52.1 Å². The lowest BCUT2D eigenvalue weighted by molar-refractivity contribution is -0.121. The van der Waals surface area contributed by atoms with E-state index in [0.29, 0.717) is 32.5 Å². The third-order valence-corrected chi connectivity index (χ3v) is 10.1. The second-order valence-corrected chi connectivity index (χ2v) is 15.1. The summed E-state index contributed by atoms with van der Waals surface area (Å²) in [7, 11) is 0. The first-order chi connectivity index (χ1) is 24.4. The molecule has 0 radical (unpaired) electrons. The van der Waals surface area contributed by atoms with Crippen molar-refractivity contribution in [3.8, 4) is 0 Å². The predicted molar refractivity (Wildman–Crippen MR) is 213 cm³/mol. The summed E-state index contributed by atoms with van der Waals surface area (Å²) in [4.78, 5) is 26.8. The first-order valence-electron chi connectivity index (χ1n) is 21.7. The van der Waals surface area contributed by atoms with E-state index in [4.69, 9.17) is 5.73 Å². The van der Waals surface area contributed by atoms with Crippen molar-refractivity contribution in [1.29, 1.82) is 0 Å². The summed E-state index contributed by atoms with van der Waals surface area (Å²) in [5.41, 5.74) is 5.81. The Kier molecular flexibility index (Phi) is 38.0. The monoisotopic (exact) mass is 711 g/mol. The number of carbonyl (C=O) groups is 2. The maximum Gasteiger partial charge on any atom is 0.220 e. The highest BCUT2D eigenvalue weighted by Crippen LogP contribution is 2.16. The van der Waals surface area contributed by atoms with Gasteiger partial charge in [-0.2, -0.15) is 0 Å². The molecule has 0 aromatic carbocycles. The first kappa shape index (κ1) is 48.8. The van der Waals surface area contributed by atoms with Crippen molar-refractivity contribution in [2.45, 2.75) is 219 Å². The van der Waals surface area contributed by atoms with E-state index in [1.54, 1.807) is 0 Å². The average molecular weight is 711 g/mol. The molecule has 8 heteroatoms. The molecule has 0 bridgehead atoms. The van der Waals surface area contributed by atoms with E-state index < -0.39 is 0 Å². The number of rotatable bonds is 40. The Labute approximate surface area is 310 Å². The number of aliphatic hydroxyl groups excluding tert-OH is 2. The van der Waals surface area contributed by atoms with Gasteiger partial charge < -0.3 is 26.6 Å². The fourth-order valence-corrected chi connectivity index (χ4v) is 6.76. The number of amides is 2. The van der Waals surface area contributed by atoms with Crippen LogP contribution in [-0.4, -0.2) is 78.4 Å². The zero-order chi connectivity index (χ0) is 36.8. The molecular weight excluding hydrogens is 624 g/mol. The molecule has 0 fully saturated rings. The van der Waals surface area contributed by atoms with E-state index >= 15 is 0 Å². The molecule has 0 saturated heterocycles. The summed E-state index contributed by atoms with van der Waals surface area (Å²) < 4.78 is 0. The molecule has 50 heavy (non-hydrogen) atoms. The van der Waals surface area contributed by atoms with Crippen LogP contribution in [0.5, 0.6) is 0 Å². The number of carbonyl (C=O) groups excluding carboxylic acids is 2. The number of nitrogens with two attached hydrogens (primary N) is 1. The lowest BCUT2D eigenvalue weighted by atomic mass is 10.0. The molecule has 0 aromatic rings. The highest BCUT2D eigenvalue weighted by molar-refractivity contribution is 5.76. The molecule has 2 unspecified atom stereocenters. The van der Waals surface area contributed by atoms with Gasteiger partial charge in [0.05, 0.1) is 12.2 Å². The zero-order valence-corrected chi connectivity index (χ0v) is 33.3. The Morgan fingerprint density at radius 1 is 0.480 bits per heavy atom. The number of unbranched alkanes of at least 4 members (excludes halogenated alkanes) is 20. The second kappa shape index (κ2) is 39.0. The quantitative estimate of drug-likeness (QED) is 0.0404. The molecule has 0 aliphatic carbocycles. The third kappa shape index (κ3) is 36.6. The Hall–Kier alpha value is -1.22. The summed E-state index contributed by atoms with van der Waals surface area (Å²) >= 11 is 0. The minimum absolute atomic E-state index is 0.104. The topological polar surface area (TPSA) is 128 Å². The molecule has 6 N–H and O–H groups in total. The van der Waals surface area contributed by atoms with E-state index in [1.165, 1.54) is 103 Å². The van der Waals surface area contributed by atoms with Gasteiger partial charge >= 0.3 is 0 Å². The Morgan fingerprint density at radius 3 is 1.10 bits per heavy atom. The van der Waals surface area contributed by atoms with Crippen LogP contribution in [0.2, 0.25) is 0 Å². The van der Waals surface area contributed by atoms with Crippen LogP contribution in [0.15, 0.2) is 0 Å². The van der Waals surface area contributed by atoms with Gasteiger partial charge in [0.15, 0.2) is 0 Å². The van der Waals surface area contributed by atoms with Crippen molar-refractivity contribution in [3.05, 3.63) is 0 Å². The van der Waals surface area contributed by atoms with Crippen molar-refractivity contribution in [1.82, 2.24) is 15.5 Å².